The number of nitrogens with two attached hydrogens (primary N) is 2. The van der Waals surface area contributed by atoms with Gasteiger partial charge < -0.3 is 51.3 Å². The molecule has 11 N–H and O–H groups in total. The quantitative estimate of drug-likeness (QED) is 0.0876. The van der Waals surface area contributed by atoms with Crippen molar-refractivity contribution >= 4 is 46.4 Å². The molecule has 0 spiro atoms. The van der Waals surface area contributed by atoms with E-state index in [2.05, 4.69) is 33.4 Å². The number of aromatic nitrogens is 4. The molecule has 0 aromatic carbocycles. The zero-order chi connectivity index (χ0) is 29.0. The van der Waals surface area contributed by atoms with Crippen molar-refractivity contribution in [2.24, 2.45) is 5.73 Å². The minimum absolute atomic E-state index is 0.0296. The van der Waals surface area contributed by atoms with Gasteiger partial charge in [-0.15, -0.1) is 0 Å². The summed E-state index contributed by atoms with van der Waals surface area (Å²) in [6.07, 6.45) is -1.64. The topological polar surface area (TPSA) is 317 Å². The van der Waals surface area contributed by atoms with Crippen molar-refractivity contribution in [2.45, 2.75) is 50.2 Å². The minimum Gasteiger partial charge on any atom is -0.387 e. The number of ether oxygens (including phenoxy) is 1. The van der Waals surface area contributed by atoms with Gasteiger partial charge in [-0.05, 0) is 19.4 Å². The molecule has 6 unspecified atom stereocenters. The second-order valence-corrected chi connectivity index (χ2v) is 12.7. The number of hydrogen-bond donors (Lipinski definition) is 9. The smallest absolute Gasteiger partial charge is 0.387 e. The van der Waals surface area contributed by atoms with Crippen LogP contribution in [0.4, 0.5) is 11.8 Å². The van der Waals surface area contributed by atoms with E-state index in [-0.39, 0.29) is 22.9 Å². The molecule has 39 heavy (non-hydrogen) atoms. The first-order valence-corrected chi connectivity index (χ1v) is 15.9. The number of anilines is 2. The van der Waals surface area contributed by atoms with Gasteiger partial charge in [-0.3, -0.25) is 9.09 Å². The fraction of sp³-hybridized carbons (Fsp3) is 0.688. The summed E-state index contributed by atoms with van der Waals surface area (Å²) >= 11 is 0. The molecule has 0 bridgehead atoms. The van der Waals surface area contributed by atoms with Gasteiger partial charge in [0, 0.05) is 6.54 Å². The lowest BCUT2D eigenvalue weighted by molar-refractivity contribution is -0.0493. The van der Waals surface area contributed by atoms with Crippen molar-refractivity contribution in [1.82, 2.24) is 19.5 Å². The molecular weight excluding hydrogens is 591 g/mol. The predicted octanol–water partition coefficient (Wildman–Crippen LogP) is -0.698. The lowest BCUT2D eigenvalue weighted by Gasteiger charge is -2.20. The van der Waals surface area contributed by atoms with Crippen LogP contribution in [0.5, 0.6) is 0 Å². The van der Waals surface area contributed by atoms with E-state index in [0.29, 0.717) is 13.1 Å². The van der Waals surface area contributed by atoms with Crippen molar-refractivity contribution in [3.8, 4) is 0 Å². The number of unbranched alkanes of at least 4 members (excludes halogenated alkanes) is 3. The number of rotatable bonds is 15. The molecule has 20 nitrogen and oxygen atoms in total. The summed E-state index contributed by atoms with van der Waals surface area (Å²) in [6.45, 7) is 0.0672. The normalized spacial score (nSPS) is 25.0. The summed E-state index contributed by atoms with van der Waals surface area (Å²) in [7, 11) is -16.8. The third kappa shape index (κ3) is 8.69. The molecule has 6 atom stereocenters. The van der Waals surface area contributed by atoms with Crippen molar-refractivity contribution in [2.75, 3.05) is 30.7 Å². The van der Waals surface area contributed by atoms with Crippen molar-refractivity contribution in [1.29, 1.82) is 0 Å². The molecule has 23 heteroatoms. The lowest BCUT2D eigenvalue weighted by Crippen LogP contribution is -2.33. The number of nitrogens with one attached hydrogen (secondary N) is 1. The highest BCUT2D eigenvalue weighted by atomic mass is 31.3. The molecule has 3 rings (SSSR count). The van der Waals surface area contributed by atoms with E-state index in [9.17, 15) is 33.7 Å². The molecule has 2 aromatic rings. The van der Waals surface area contributed by atoms with Gasteiger partial charge in [0.25, 0.3) is 0 Å². The number of imidazole rings is 1. The Morgan fingerprint density at radius 2 is 1.69 bits per heavy atom. The first-order valence-electron chi connectivity index (χ1n) is 11.4. The van der Waals surface area contributed by atoms with Crippen LogP contribution in [0.25, 0.3) is 11.2 Å². The maximum Gasteiger partial charge on any atom is 0.490 e. The number of hydrogen-bond acceptors (Lipinski definition) is 15. The number of phosphoric ester groups is 1. The third-order valence-corrected chi connectivity index (χ3v) is 9.13. The fourth-order valence-electron chi connectivity index (χ4n) is 3.67. The summed E-state index contributed by atoms with van der Waals surface area (Å²) in [5.41, 5.74) is 11.7. The summed E-state index contributed by atoms with van der Waals surface area (Å²) in [4.78, 5) is 48.5. The summed E-state index contributed by atoms with van der Waals surface area (Å²) in [5, 5.41) is 24.3. The molecule has 1 aliphatic heterocycles. The number of phosphoric acid groups is 3. The molecular formula is C16H30N7O13P3. The molecule has 1 fully saturated rings. The van der Waals surface area contributed by atoms with E-state index < -0.39 is 54.6 Å². The average Bonchev–Trinajstić information content (AvgIpc) is 3.30. The van der Waals surface area contributed by atoms with E-state index in [1.807, 2.05) is 0 Å². The van der Waals surface area contributed by atoms with Crippen LogP contribution >= 0.6 is 23.5 Å². The van der Waals surface area contributed by atoms with Crippen LogP contribution in [0, 0.1) is 0 Å². The maximum atomic E-state index is 12.0. The van der Waals surface area contributed by atoms with Gasteiger partial charge in [0.05, 0.1) is 6.61 Å². The molecule has 1 saturated heterocycles. The zero-order valence-electron chi connectivity index (χ0n) is 20.2. The van der Waals surface area contributed by atoms with E-state index in [0.717, 1.165) is 32.0 Å². The molecule has 0 aliphatic carbocycles. The van der Waals surface area contributed by atoms with Crippen molar-refractivity contribution in [3.05, 3.63) is 6.33 Å². The van der Waals surface area contributed by atoms with Crippen molar-refractivity contribution < 1.29 is 61.4 Å². The van der Waals surface area contributed by atoms with Gasteiger partial charge in [-0.1, -0.05) is 12.8 Å². The van der Waals surface area contributed by atoms with Crippen LogP contribution in [0.2, 0.25) is 0 Å². The van der Waals surface area contributed by atoms with Gasteiger partial charge >= 0.3 is 23.5 Å². The Labute approximate surface area is 220 Å². The SMILES string of the molecule is NCCCCCCNc1nc2c(N)ncnc2n1C1OC(COP(=O)(O)OP(=O)(O)OP(=O)(O)O)C(O)C1O. The number of nitrogens with zero attached hydrogens (tertiary/aromatic N) is 4. The molecule has 0 amide bonds. The fourth-order valence-corrected chi connectivity index (χ4v) is 6.70. The molecule has 1 aliphatic rings. The average molecular weight is 621 g/mol. The molecule has 0 saturated carbocycles. The standard InChI is InChI=1S/C16H30N7O13P3/c17-5-3-1-2-4-6-19-16-22-10-13(18)20-8-21-14(10)23(16)15-12(25)11(24)9(34-15)7-33-38(29,30)36-39(31,32)35-37(26,27)28/h8-9,11-12,15,24-25H,1-7,17H2,(H,19,22)(H,29,30)(H,31,32)(H2,18,20,21)(H2,26,27,28). The van der Waals surface area contributed by atoms with E-state index in [1.165, 1.54) is 4.57 Å². The zero-order valence-corrected chi connectivity index (χ0v) is 22.8. The predicted molar refractivity (Wildman–Crippen MR) is 131 cm³/mol. The van der Waals surface area contributed by atoms with Crippen LogP contribution < -0.4 is 16.8 Å². The Bertz CT molecular complexity index is 1280. The van der Waals surface area contributed by atoms with Crippen molar-refractivity contribution in [3.63, 3.8) is 0 Å². The highest BCUT2D eigenvalue weighted by Gasteiger charge is 2.47. The second-order valence-electron chi connectivity index (χ2n) is 8.30. The van der Waals surface area contributed by atoms with Gasteiger partial charge in [0.2, 0.25) is 5.95 Å². The molecule has 0 radical (unpaired) electrons. The summed E-state index contributed by atoms with van der Waals surface area (Å²) in [5.74, 6) is 0.197. The van der Waals surface area contributed by atoms with Crippen LogP contribution in [0.15, 0.2) is 6.33 Å². The highest BCUT2D eigenvalue weighted by molar-refractivity contribution is 7.66. The maximum absolute atomic E-state index is 12.0. The third-order valence-electron chi connectivity index (χ3n) is 5.33. The number of aliphatic hydroxyl groups is 2. The van der Waals surface area contributed by atoms with Gasteiger partial charge in [0.15, 0.2) is 23.2 Å². The Balaban J connectivity index is 1.75. The Kier molecular flexibility index (Phi) is 10.6. The van der Waals surface area contributed by atoms with E-state index >= 15 is 0 Å². The number of fused-ring (bicyclic) bond motifs is 1. The molecule has 3 heterocycles. The lowest BCUT2D eigenvalue weighted by atomic mass is 10.1. The highest BCUT2D eigenvalue weighted by Crippen LogP contribution is 2.66. The minimum atomic E-state index is -5.74. The second kappa shape index (κ2) is 12.9. The van der Waals surface area contributed by atoms with E-state index in [4.69, 9.17) is 26.0 Å². The van der Waals surface area contributed by atoms with Gasteiger partial charge in [-0.25, -0.2) is 28.6 Å². The van der Waals surface area contributed by atoms with Crippen LogP contribution in [0.1, 0.15) is 31.9 Å². The molecule has 222 valence electrons. The Morgan fingerprint density at radius 3 is 2.36 bits per heavy atom. The first kappa shape index (κ1) is 31.9. The Hall–Kier alpha value is -1.60. The molecule has 2 aromatic heterocycles. The first-order chi connectivity index (χ1) is 18.1. The summed E-state index contributed by atoms with van der Waals surface area (Å²) in [6, 6.07) is 0. The number of nitrogen functional groups attached to an aromatic ring is 1. The van der Waals surface area contributed by atoms with Crippen LogP contribution in [-0.4, -0.2) is 87.3 Å². The van der Waals surface area contributed by atoms with Gasteiger partial charge in [-0.2, -0.15) is 8.62 Å². The number of aliphatic hydroxyl groups excluding tert-OH is 2. The Morgan fingerprint density at radius 1 is 1.00 bits per heavy atom. The monoisotopic (exact) mass is 621 g/mol. The van der Waals surface area contributed by atoms with Gasteiger partial charge in [0.1, 0.15) is 24.6 Å². The van der Waals surface area contributed by atoms with Crippen LogP contribution in [-0.2, 0) is 31.6 Å². The summed E-state index contributed by atoms with van der Waals surface area (Å²) < 4.78 is 53.1. The van der Waals surface area contributed by atoms with E-state index in [1.54, 1.807) is 0 Å². The largest absolute Gasteiger partial charge is 0.490 e. The van der Waals surface area contributed by atoms with Crippen LogP contribution in [0.3, 0.4) is 0 Å².